The Labute approximate surface area is 269 Å². The first kappa shape index (κ1) is 59.8. The van der Waals surface area contributed by atoms with Crippen LogP contribution in [0.5, 0.6) is 0 Å². The predicted molar refractivity (Wildman–Crippen MR) is 184 cm³/mol. The molecule has 2 rings (SSSR count). The molecule has 14 nitrogen and oxygen atoms in total. The molecule has 44 heavy (non-hydrogen) atoms. The molecule has 2 heterocycles. The first-order valence-corrected chi connectivity index (χ1v) is 13.8. The van der Waals surface area contributed by atoms with E-state index in [-0.39, 0.29) is 50.3 Å². The van der Waals surface area contributed by atoms with Crippen LogP contribution in [0.15, 0.2) is 12.3 Å². The Balaban J connectivity index is -0.0000000595. The highest BCUT2D eigenvalue weighted by molar-refractivity contribution is 5.74. The lowest BCUT2D eigenvalue weighted by Gasteiger charge is -2.31. The highest BCUT2D eigenvalue weighted by atomic mass is 16.2. The molecule has 0 aliphatic carbocycles. The van der Waals surface area contributed by atoms with E-state index in [1.807, 2.05) is 24.9 Å². The molecule has 2 aliphatic heterocycles. The van der Waals surface area contributed by atoms with Crippen molar-refractivity contribution in [2.24, 2.45) is 23.1 Å². The molecular weight excluding hydrogens is 568 g/mol. The number of carbonyl (C=O) groups excluding carboxylic acids is 6. The molecule has 0 aromatic rings. The molecule has 266 valence electrons. The maximum atomic E-state index is 10.8. The van der Waals surface area contributed by atoms with Crippen molar-refractivity contribution in [2.75, 3.05) is 60.9 Å². The van der Waals surface area contributed by atoms with E-state index in [0.717, 1.165) is 39.1 Å². The van der Waals surface area contributed by atoms with E-state index in [2.05, 4.69) is 52.8 Å². The molecule has 0 aromatic heterocycles. The summed E-state index contributed by atoms with van der Waals surface area (Å²) in [6, 6.07) is 0. The zero-order valence-electron chi connectivity index (χ0n) is 28.5. The van der Waals surface area contributed by atoms with Crippen LogP contribution < -0.4 is 27.8 Å². The molecule has 1 fully saturated rings. The summed E-state index contributed by atoms with van der Waals surface area (Å²) < 4.78 is 0. The molecule has 0 aromatic carbocycles. The second kappa shape index (κ2) is 43.9. The van der Waals surface area contributed by atoms with Gasteiger partial charge in [-0.15, -0.1) is 0 Å². The molecule has 2 aliphatic rings. The van der Waals surface area contributed by atoms with Crippen molar-refractivity contribution in [3.63, 3.8) is 0 Å². The standard InChI is InChI=1S/C8H13NO.C7H14N2O.2C3H7NO.2C2H5NO.C2H6.CH5N.2CH4/c1-7-3-5-9(6-4-7)8(2)10;1-7(10)9-5-3-8(2)4-6-9;2*1-3(5)4-2;2*1-2(3)4;2*1-2;;/h3,5,7H,4,6H2,1-2H3;3-6H2,1-2H3;2*1-2H3,(H,4,5);2*1H3,(H2,3,4);1-2H3;2H2,1H3;2*1H4. The Morgan fingerprint density at radius 3 is 1.16 bits per heavy atom. The van der Waals surface area contributed by atoms with Crippen molar-refractivity contribution in [3.05, 3.63) is 12.3 Å². The predicted octanol–water partition coefficient (Wildman–Crippen LogP) is 1.53. The quantitative estimate of drug-likeness (QED) is 0.262. The monoisotopic (exact) mass is 639 g/mol. The third-order valence-corrected chi connectivity index (χ3v) is 4.48. The van der Waals surface area contributed by atoms with Crippen molar-refractivity contribution < 1.29 is 28.8 Å². The number of amides is 6. The number of hydrogen-bond acceptors (Lipinski definition) is 8. The fourth-order valence-corrected chi connectivity index (χ4v) is 2.15. The van der Waals surface area contributed by atoms with Crippen molar-refractivity contribution in [1.29, 1.82) is 0 Å². The van der Waals surface area contributed by atoms with Crippen LogP contribution in [0.1, 0.15) is 83.6 Å². The first-order valence-electron chi connectivity index (χ1n) is 13.8. The van der Waals surface area contributed by atoms with Crippen molar-refractivity contribution in [1.82, 2.24) is 25.3 Å². The van der Waals surface area contributed by atoms with Gasteiger partial charge >= 0.3 is 0 Å². The van der Waals surface area contributed by atoms with Gasteiger partial charge in [0.2, 0.25) is 35.4 Å². The topological polar surface area (TPSA) is 214 Å². The van der Waals surface area contributed by atoms with E-state index in [0.29, 0.717) is 5.92 Å². The van der Waals surface area contributed by atoms with Crippen LogP contribution >= 0.6 is 0 Å². The van der Waals surface area contributed by atoms with Crippen LogP contribution in [0, 0.1) is 5.92 Å². The molecule has 14 heteroatoms. The summed E-state index contributed by atoms with van der Waals surface area (Å²) in [5.74, 6) is 0.321. The van der Waals surface area contributed by atoms with Crippen molar-refractivity contribution >= 4 is 35.4 Å². The SMILES string of the molecule is C.C.CC.CC(=O)N1C=CC(C)CC1.CC(=O)N1CCN(C)CC1.CC(N)=O.CC(N)=O.CN.CNC(C)=O.CNC(C)=O. The van der Waals surface area contributed by atoms with Crippen LogP contribution in [0.2, 0.25) is 0 Å². The average molecular weight is 639 g/mol. The number of primary amides is 2. The third-order valence-electron chi connectivity index (χ3n) is 4.48. The third kappa shape index (κ3) is 66.6. The summed E-state index contributed by atoms with van der Waals surface area (Å²) >= 11 is 0. The number of rotatable bonds is 0. The molecule has 0 radical (unpaired) electrons. The van der Waals surface area contributed by atoms with Crippen LogP contribution in [0.3, 0.4) is 0 Å². The van der Waals surface area contributed by atoms with Crippen LogP contribution in [0.25, 0.3) is 0 Å². The van der Waals surface area contributed by atoms with Crippen LogP contribution in [-0.2, 0) is 28.8 Å². The average Bonchev–Trinajstić information content (AvgIpc) is 2.92. The Morgan fingerprint density at radius 1 is 0.682 bits per heavy atom. The zero-order valence-corrected chi connectivity index (χ0v) is 28.5. The number of carbonyl (C=O) groups is 6. The van der Waals surface area contributed by atoms with Gasteiger partial charge < -0.3 is 42.5 Å². The minimum Gasteiger partial charge on any atom is -0.370 e. The van der Waals surface area contributed by atoms with Crippen molar-refractivity contribution in [3.8, 4) is 0 Å². The molecule has 8 N–H and O–H groups in total. The number of hydrogen-bond donors (Lipinski definition) is 5. The maximum absolute atomic E-state index is 10.8. The Morgan fingerprint density at radius 2 is 0.977 bits per heavy atom. The lowest BCUT2D eigenvalue weighted by atomic mass is 10.1. The zero-order chi connectivity index (χ0) is 34.8. The number of nitrogens with zero attached hydrogens (tertiary/aromatic N) is 3. The minimum atomic E-state index is -0.333. The summed E-state index contributed by atoms with van der Waals surface area (Å²) in [5.41, 5.74) is 13.4. The number of nitrogens with two attached hydrogens (primary N) is 3. The lowest BCUT2D eigenvalue weighted by Crippen LogP contribution is -2.46. The number of nitrogens with one attached hydrogen (secondary N) is 2. The number of allylic oxidation sites excluding steroid dienone is 1. The number of likely N-dealkylation sites (N-methyl/N-ethyl adjacent to an activating group) is 1. The lowest BCUT2D eigenvalue weighted by molar-refractivity contribution is -0.130. The van der Waals surface area contributed by atoms with Gasteiger partial charge in [0.1, 0.15) is 0 Å². The van der Waals surface area contributed by atoms with E-state index in [4.69, 9.17) is 0 Å². The van der Waals surface area contributed by atoms with Crippen molar-refractivity contribution in [2.45, 2.75) is 83.6 Å². The maximum Gasteiger partial charge on any atom is 0.223 e. The molecule has 1 unspecified atom stereocenters. The summed E-state index contributed by atoms with van der Waals surface area (Å²) in [7, 11) is 6.78. The van der Waals surface area contributed by atoms with Gasteiger partial charge in [0.05, 0.1) is 0 Å². The van der Waals surface area contributed by atoms with Gasteiger partial charge in [-0.2, -0.15) is 0 Å². The highest BCUT2D eigenvalue weighted by Crippen LogP contribution is 2.12. The van der Waals surface area contributed by atoms with Gasteiger partial charge in [0.15, 0.2) is 0 Å². The Kier molecular flexibility index (Phi) is 59.7. The Bertz CT molecular complexity index is 707. The van der Waals surface area contributed by atoms with E-state index >= 15 is 0 Å². The van der Waals surface area contributed by atoms with Crippen LogP contribution in [-0.4, -0.2) is 111 Å². The fourth-order valence-electron chi connectivity index (χ4n) is 2.15. The molecular formula is C30H70N8O6. The van der Waals surface area contributed by atoms with Crippen LogP contribution in [0.4, 0.5) is 0 Å². The van der Waals surface area contributed by atoms with E-state index in [1.165, 1.54) is 34.7 Å². The first-order chi connectivity index (χ1) is 19.4. The van der Waals surface area contributed by atoms with Gasteiger partial charge in [-0.25, -0.2) is 0 Å². The normalized spacial score (nSPS) is 13.5. The van der Waals surface area contributed by atoms with E-state index in [1.54, 1.807) is 32.8 Å². The molecule has 0 saturated carbocycles. The van der Waals surface area contributed by atoms with E-state index < -0.39 is 0 Å². The van der Waals surface area contributed by atoms with Gasteiger partial charge in [0.25, 0.3) is 0 Å². The molecule has 0 bridgehead atoms. The molecule has 0 spiro atoms. The second-order valence-electron chi connectivity index (χ2n) is 8.46. The van der Waals surface area contributed by atoms with Gasteiger partial charge in [0, 0.05) is 94.6 Å². The smallest absolute Gasteiger partial charge is 0.223 e. The second-order valence-corrected chi connectivity index (χ2v) is 8.46. The number of piperazine rings is 1. The summed E-state index contributed by atoms with van der Waals surface area (Å²) in [5, 5.41) is 4.78. The molecule has 6 amide bonds. The minimum absolute atomic E-state index is 0. The molecule has 1 saturated heterocycles. The fraction of sp³-hybridized carbons (Fsp3) is 0.733. The van der Waals surface area contributed by atoms with Gasteiger partial charge in [-0.3, -0.25) is 28.8 Å². The van der Waals surface area contributed by atoms with Gasteiger partial charge in [-0.05, 0) is 26.4 Å². The van der Waals surface area contributed by atoms with E-state index in [9.17, 15) is 28.8 Å². The highest BCUT2D eigenvalue weighted by Gasteiger charge is 2.14. The molecule has 1 atom stereocenters. The largest absolute Gasteiger partial charge is 0.370 e. The van der Waals surface area contributed by atoms with Gasteiger partial charge in [-0.1, -0.05) is 41.7 Å². The Hall–Kier alpha value is -3.52. The summed E-state index contributed by atoms with van der Waals surface area (Å²) in [4.78, 5) is 65.3. The summed E-state index contributed by atoms with van der Waals surface area (Å²) in [6.45, 7) is 19.6. The summed E-state index contributed by atoms with van der Waals surface area (Å²) in [6.07, 6.45) is 5.05.